The third-order valence-electron chi connectivity index (χ3n) is 5.74. The SMILES string of the molecule is CC(C)c1cc(C(=O)N2CCC(n3cc(C4CC4)nn3)CC2)nc2ncnn12. The van der Waals surface area contributed by atoms with Crippen molar-refractivity contribution >= 4 is 11.7 Å². The van der Waals surface area contributed by atoms with Crippen LogP contribution >= 0.6 is 0 Å². The van der Waals surface area contributed by atoms with Crippen LogP contribution in [0.5, 0.6) is 0 Å². The molecular formula is C19H24N8O. The van der Waals surface area contributed by atoms with Crippen LogP contribution < -0.4 is 0 Å². The van der Waals surface area contributed by atoms with E-state index in [4.69, 9.17) is 0 Å². The van der Waals surface area contributed by atoms with E-state index in [0.717, 1.165) is 24.2 Å². The molecule has 1 amide bonds. The number of amides is 1. The molecular weight excluding hydrogens is 356 g/mol. The lowest BCUT2D eigenvalue weighted by molar-refractivity contribution is 0.0683. The van der Waals surface area contributed by atoms with Crippen molar-refractivity contribution in [1.82, 2.24) is 39.5 Å². The Morgan fingerprint density at radius 2 is 1.96 bits per heavy atom. The smallest absolute Gasteiger partial charge is 0.272 e. The molecule has 1 aliphatic carbocycles. The Kier molecular flexibility index (Phi) is 4.10. The Hall–Kier alpha value is -2.84. The third-order valence-corrected chi connectivity index (χ3v) is 5.74. The highest BCUT2D eigenvalue weighted by atomic mass is 16.2. The summed E-state index contributed by atoms with van der Waals surface area (Å²) in [7, 11) is 0. The van der Waals surface area contributed by atoms with Crippen LogP contribution in [0, 0.1) is 0 Å². The molecule has 3 aromatic rings. The molecule has 1 aliphatic heterocycles. The molecule has 4 heterocycles. The number of fused-ring (bicyclic) bond motifs is 1. The van der Waals surface area contributed by atoms with Crippen LogP contribution in [0.1, 0.15) is 79.3 Å². The van der Waals surface area contributed by atoms with Gasteiger partial charge >= 0.3 is 0 Å². The fraction of sp³-hybridized carbons (Fsp3) is 0.579. The van der Waals surface area contributed by atoms with Gasteiger partial charge in [-0.3, -0.25) is 4.79 Å². The molecule has 0 radical (unpaired) electrons. The molecule has 146 valence electrons. The van der Waals surface area contributed by atoms with Crippen molar-refractivity contribution < 1.29 is 4.79 Å². The summed E-state index contributed by atoms with van der Waals surface area (Å²) in [6.45, 7) is 5.53. The summed E-state index contributed by atoms with van der Waals surface area (Å²) in [4.78, 5) is 23.5. The minimum Gasteiger partial charge on any atom is -0.337 e. The van der Waals surface area contributed by atoms with E-state index in [1.165, 1.54) is 19.2 Å². The largest absolute Gasteiger partial charge is 0.337 e. The van der Waals surface area contributed by atoms with Gasteiger partial charge < -0.3 is 4.90 Å². The topological polar surface area (TPSA) is 94.1 Å². The van der Waals surface area contributed by atoms with E-state index in [1.54, 1.807) is 4.52 Å². The number of carbonyl (C=O) groups is 1. The van der Waals surface area contributed by atoms with Gasteiger partial charge in [0, 0.05) is 25.2 Å². The molecule has 3 aromatic heterocycles. The van der Waals surface area contributed by atoms with Gasteiger partial charge in [-0.05, 0) is 37.7 Å². The number of rotatable bonds is 4. The number of piperidine rings is 1. The van der Waals surface area contributed by atoms with Gasteiger partial charge in [0.05, 0.1) is 17.4 Å². The molecule has 0 aromatic carbocycles. The summed E-state index contributed by atoms with van der Waals surface area (Å²) in [5, 5.41) is 12.9. The first-order chi connectivity index (χ1) is 13.6. The number of nitrogens with zero attached hydrogens (tertiary/aromatic N) is 8. The Balaban J connectivity index is 1.30. The normalized spacial score (nSPS) is 18.3. The van der Waals surface area contributed by atoms with Gasteiger partial charge in [-0.2, -0.15) is 10.1 Å². The van der Waals surface area contributed by atoms with Crippen molar-refractivity contribution in [3.8, 4) is 0 Å². The molecule has 2 fully saturated rings. The van der Waals surface area contributed by atoms with Gasteiger partial charge in [0.25, 0.3) is 11.7 Å². The number of hydrogen-bond donors (Lipinski definition) is 0. The molecule has 1 saturated heterocycles. The van der Waals surface area contributed by atoms with Gasteiger partial charge in [0.1, 0.15) is 12.0 Å². The van der Waals surface area contributed by atoms with Crippen LogP contribution in [0.3, 0.4) is 0 Å². The Morgan fingerprint density at radius 1 is 1.18 bits per heavy atom. The van der Waals surface area contributed by atoms with E-state index < -0.39 is 0 Å². The monoisotopic (exact) mass is 380 g/mol. The van der Waals surface area contributed by atoms with E-state index in [-0.39, 0.29) is 11.8 Å². The number of aromatic nitrogens is 7. The number of hydrogen-bond acceptors (Lipinski definition) is 6. The van der Waals surface area contributed by atoms with E-state index in [1.807, 2.05) is 15.6 Å². The molecule has 9 heteroatoms. The van der Waals surface area contributed by atoms with Gasteiger partial charge in [-0.25, -0.2) is 14.2 Å². The maximum absolute atomic E-state index is 13.1. The minimum absolute atomic E-state index is 0.0388. The van der Waals surface area contributed by atoms with E-state index in [0.29, 0.717) is 36.5 Å². The van der Waals surface area contributed by atoms with Crippen molar-refractivity contribution in [2.45, 2.75) is 57.4 Å². The molecule has 28 heavy (non-hydrogen) atoms. The average molecular weight is 380 g/mol. The van der Waals surface area contributed by atoms with Gasteiger partial charge in [-0.15, -0.1) is 5.10 Å². The van der Waals surface area contributed by atoms with Crippen molar-refractivity contribution in [3.63, 3.8) is 0 Å². The summed E-state index contributed by atoms with van der Waals surface area (Å²) < 4.78 is 3.70. The fourth-order valence-electron chi connectivity index (χ4n) is 3.89. The first kappa shape index (κ1) is 17.3. The second kappa shape index (κ2) is 6.65. The van der Waals surface area contributed by atoms with E-state index in [2.05, 4.69) is 45.4 Å². The summed E-state index contributed by atoms with van der Waals surface area (Å²) in [5.41, 5.74) is 2.50. The minimum atomic E-state index is -0.0388. The predicted octanol–water partition coefficient (Wildman–Crippen LogP) is 2.19. The van der Waals surface area contributed by atoms with E-state index >= 15 is 0 Å². The molecule has 0 unspecified atom stereocenters. The zero-order valence-electron chi connectivity index (χ0n) is 16.2. The average Bonchev–Trinajstić information content (AvgIpc) is 3.25. The van der Waals surface area contributed by atoms with Crippen molar-refractivity contribution in [2.75, 3.05) is 13.1 Å². The van der Waals surface area contributed by atoms with Crippen LogP contribution in [0.25, 0.3) is 5.78 Å². The molecule has 0 N–H and O–H groups in total. The highest BCUT2D eigenvalue weighted by Crippen LogP contribution is 2.39. The molecule has 9 nitrogen and oxygen atoms in total. The van der Waals surface area contributed by atoms with Crippen molar-refractivity contribution in [3.05, 3.63) is 35.7 Å². The van der Waals surface area contributed by atoms with E-state index in [9.17, 15) is 4.79 Å². The van der Waals surface area contributed by atoms with Crippen LogP contribution in [0.15, 0.2) is 18.6 Å². The molecule has 2 aliphatic rings. The van der Waals surface area contributed by atoms with Crippen LogP contribution in [0.4, 0.5) is 0 Å². The quantitative estimate of drug-likeness (QED) is 0.689. The summed E-state index contributed by atoms with van der Waals surface area (Å²) >= 11 is 0. The highest BCUT2D eigenvalue weighted by Gasteiger charge is 2.30. The maximum atomic E-state index is 13.1. The molecule has 0 atom stereocenters. The first-order valence-electron chi connectivity index (χ1n) is 10.0. The first-order valence-corrected chi connectivity index (χ1v) is 10.0. The Bertz CT molecular complexity index is 1010. The second-order valence-corrected chi connectivity index (χ2v) is 8.11. The molecule has 5 rings (SSSR count). The van der Waals surface area contributed by atoms with Crippen LogP contribution in [-0.2, 0) is 0 Å². The lowest BCUT2D eigenvalue weighted by atomic mass is 10.0. The van der Waals surface area contributed by atoms with Gasteiger partial charge in [0.2, 0.25) is 0 Å². The summed E-state index contributed by atoms with van der Waals surface area (Å²) in [5.74, 6) is 1.27. The van der Waals surface area contributed by atoms with Gasteiger partial charge in [0.15, 0.2) is 0 Å². The Morgan fingerprint density at radius 3 is 2.68 bits per heavy atom. The lowest BCUT2D eigenvalue weighted by Gasteiger charge is -2.31. The molecule has 0 spiro atoms. The van der Waals surface area contributed by atoms with Crippen LogP contribution in [-0.4, -0.2) is 58.5 Å². The standard InChI is InChI=1S/C19H24N8O/c1-12(2)17-9-15(22-19-20-11-21-27(17)19)18(28)25-7-5-14(6-8-25)26-10-16(23-24-26)13-3-4-13/h9-14H,3-8H2,1-2H3. The van der Waals surface area contributed by atoms with Crippen molar-refractivity contribution in [1.29, 1.82) is 0 Å². The third kappa shape index (κ3) is 3.04. The molecule has 0 bridgehead atoms. The van der Waals surface area contributed by atoms with Crippen molar-refractivity contribution in [2.24, 2.45) is 0 Å². The summed E-state index contributed by atoms with van der Waals surface area (Å²) in [6, 6.07) is 2.15. The Labute approximate surface area is 162 Å². The van der Waals surface area contributed by atoms with Crippen LogP contribution in [0.2, 0.25) is 0 Å². The highest BCUT2D eigenvalue weighted by molar-refractivity contribution is 5.92. The summed E-state index contributed by atoms with van der Waals surface area (Å²) in [6.07, 6.45) is 7.78. The number of likely N-dealkylation sites (tertiary alicyclic amines) is 1. The predicted molar refractivity (Wildman–Crippen MR) is 101 cm³/mol. The fourth-order valence-corrected chi connectivity index (χ4v) is 3.89. The molecule has 1 saturated carbocycles. The zero-order valence-corrected chi connectivity index (χ0v) is 16.2. The maximum Gasteiger partial charge on any atom is 0.272 e. The number of carbonyl (C=O) groups excluding carboxylic acids is 1. The second-order valence-electron chi connectivity index (χ2n) is 8.11. The zero-order chi connectivity index (χ0) is 19.3. The lowest BCUT2D eigenvalue weighted by Crippen LogP contribution is -2.39. The van der Waals surface area contributed by atoms with Gasteiger partial charge in [-0.1, -0.05) is 19.1 Å².